The van der Waals surface area contributed by atoms with Gasteiger partial charge in [-0.05, 0) is 61.1 Å². The molecule has 0 heterocycles. The summed E-state index contributed by atoms with van der Waals surface area (Å²) in [5.74, 6) is 8.01. The van der Waals surface area contributed by atoms with E-state index in [-0.39, 0.29) is 6.04 Å². The molecule has 0 saturated heterocycles. The first-order valence-corrected chi connectivity index (χ1v) is 7.61. The van der Waals surface area contributed by atoms with E-state index >= 15 is 0 Å². The lowest BCUT2D eigenvalue weighted by Crippen LogP contribution is -2.37. The molecule has 0 aliphatic heterocycles. The molecule has 1 aliphatic rings. The molecule has 106 valence electrons. The van der Waals surface area contributed by atoms with Gasteiger partial charge in [0.05, 0.1) is 0 Å². The summed E-state index contributed by atoms with van der Waals surface area (Å²) in [5.41, 5.74) is 5.44. The van der Waals surface area contributed by atoms with E-state index in [0.29, 0.717) is 5.92 Å². The summed E-state index contributed by atoms with van der Waals surface area (Å²) in [5, 5.41) is 0.828. The number of nitrogens with two attached hydrogens (primary N) is 1. The third kappa shape index (κ3) is 3.31. The number of hydrogen-bond donors (Lipinski definition) is 2. The lowest BCUT2D eigenvalue weighted by molar-refractivity contribution is 0.176. The lowest BCUT2D eigenvalue weighted by atomic mass is 9.72. The molecule has 0 radical (unpaired) electrons. The number of benzene rings is 1. The van der Waals surface area contributed by atoms with Gasteiger partial charge in [0.25, 0.3) is 0 Å². The van der Waals surface area contributed by atoms with Crippen LogP contribution in [0.25, 0.3) is 0 Å². The molecular formula is C16H25ClN2. The largest absolute Gasteiger partial charge is 0.271 e. The van der Waals surface area contributed by atoms with Crippen LogP contribution in [-0.2, 0) is 0 Å². The van der Waals surface area contributed by atoms with Crippen molar-refractivity contribution in [3.63, 3.8) is 0 Å². The quantitative estimate of drug-likeness (QED) is 0.642. The van der Waals surface area contributed by atoms with Gasteiger partial charge in [-0.15, -0.1) is 0 Å². The number of nitrogens with one attached hydrogen (secondary N) is 1. The summed E-state index contributed by atoms with van der Waals surface area (Å²) >= 11 is 6.24. The molecule has 3 atom stereocenters. The lowest BCUT2D eigenvalue weighted by Gasteiger charge is -2.37. The molecule has 0 aromatic heterocycles. The van der Waals surface area contributed by atoms with Gasteiger partial charge in [-0.25, -0.2) is 0 Å². The van der Waals surface area contributed by atoms with Gasteiger partial charge in [0.2, 0.25) is 0 Å². The average molecular weight is 281 g/mol. The van der Waals surface area contributed by atoms with Crippen LogP contribution in [0.1, 0.15) is 50.3 Å². The minimum atomic E-state index is 0.212. The molecule has 1 aliphatic carbocycles. The molecular weight excluding hydrogens is 256 g/mol. The maximum Gasteiger partial charge on any atom is 0.0491 e. The first-order valence-electron chi connectivity index (χ1n) is 7.24. The van der Waals surface area contributed by atoms with E-state index in [0.717, 1.165) is 22.4 Å². The van der Waals surface area contributed by atoms with E-state index < -0.39 is 0 Å². The molecule has 1 fully saturated rings. The van der Waals surface area contributed by atoms with Crippen molar-refractivity contribution in [2.24, 2.45) is 23.6 Å². The number of rotatable bonds is 3. The molecule has 2 nitrogen and oxygen atoms in total. The van der Waals surface area contributed by atoms with Gasteiger partial charge in [-0.2, -0.15) is 0 Å². The average Bonchev–Trinajstić information content (AvgIpc) is 2.34. The highest BCUT2D eigenvalue weighted by atomic mass is 35.5. The van der Waals surface area contributed by atoms with Crippen molar-refractivity contribution in [2.45, 2.75) is 46.1 Å². The van der Waals surface area contributed by atoms with E-state index in [9.17, 15) is 0 Å². The molecule has 1 saturated carbocycles. The summed E-state index contributed by atoms with van der Waals surface area (Å²) in [6.45, 7) is 6.78. The molecule has 2 rings (SSSR count). The van der Waals surface area contributed by atoms with Gasteiger partial charge in [0.15, 0.2) is 0 Å². The maximum atomic E-state index is 6.24. The Hall–Kier alpha value is -0.570. The van der Waals surface area contributed by atoms with E-state index in [4.69, 9.17) is 17.4 Å². The fourth-order valence-electron chi connectivity index (χ4n) is 3.72. The maximum absolute atomic E-state index is 6.24. The zero-order valence-corrected chi connectivity index (χ0v) is 12.9. The summed E-state index contributed by atoms with van der Waals surface area (Å²) in [4.78, 5) is 0. The molecule has 0 amide bonds. The predicted octanol–water partition coefficient (Wildman–Crippen LogP) is 4.23. The molecule has 3 N–H and O–H groups in total. The fourth-order valence-corrected chi connectivity index (χ4v) is 3.90. The van der Waals surface area contributed by atoms with Crippen molar-refractivity contribution in [1.29, 1.82) is 0 Å². The van der Waals surface area contributed by atoms with Gasteiger partial charge in [0.1, 0.15) is 0 Å². The Morgan fingerprint density at radius 1 is 1.21 bits per heavy atom. The van der Waals surface area contributed by atoms with Crippen LogP contribution in [-0.4, -0.2) is 0 Å². The Morgan fingerprint density at radius 3 is 2.42 bits per heavy atom. The van der Waals surface area contributed by atoms with Crippen molar-refractivity contribution in [2.75, 3.05) is 0 Å². The number of halogens is 1. The second-order valence-corrected chi connectivity index (χ2v) is 6.68. The monoisotopic (exact) mass is 280 g/mol. The molecule has 1 aromatic carbocycles. The molecule has 0 bridgehead atoms. The van der Waals surface area contributed by atoms with Crippen molar-refractivity contribution < 1.29 is 0 Å². The summed E-state index contributed by atoms with van der Waals surface area (Å²) in [7, 11) is 0. The second-order valence-electron chi connectivity index (χ2n) is 6.28. The predicted molar refractivity (Wildman–Crippen MR) is 81.9 cm³/mol. The normalized spacial score (nSPS) is 29.2. The van der Waals surface area contributed by atoms with Crippen LogP contribution in [0.5, 0.6) is 0 Å². The standard InChI is InChI=1S/C16H25ClN2/c1-10-7-11(2)9-13(8-10)16(19-18)14-5-4-6-15(17)12(14)3/h4-6,10-11,13,16,19H,7-9,18H2,1-3H3. The topological polar surface area (TPSA) is 38.0 Å². The second kappa shape index (κ2) is 6.25. The third-order valence-corrected chi connectivity index (χ3v) is 4.92. The highest BCUT2D eigenvalue weighted by Crippen LogP contribution is 2.40. The van der Waals surface area contributed by atoms with E-state index in [1.54, 1.807) is 0 Å². The minimum absolute atomic E-state index is 0.212. The smallest absolute Gasteiger partial charge is 0.0491 e. The molecule has 3 heteroatoms. The van der Waals surface area contributed by atoms with Gasteiger partial charge in [0, 0.05) is 11.1 Å². The molecule has 3 unspecified atom stereocenters. The van der Waals surface area contributed by atoms with Crippen LogP contribution in [0.15, 0.2) is 18.2 Å². The Balaban J connectivity index is 2.26. The fraction of sp³-hybridized carbons (Fsp3) is 0.625. The van der Waals surface area contributed by atoms with Crippen LogP contribution >= 0.6 is 11.6 Å². The number of hydrazine groups is 1. The zero-order valence-electron chi connectivity index (χ0n) is 12.1. The van der Waals surface area contributed by atoms with E-state index in [1.807, 2.05) is 12.1 Å². The van der Waals surface area contributed by atoms with Gasteiger partial charge < -0.3 is 0 Å². The van der Waals surface area contributed by atoms with Gasteiger partial charge in [-0.3, -0.25) is 11.3 Å². The highest BCUT2D eigenvalue weighted by molar-refractivity contribution is 6.31. The van der Waals surface area contributed by atoms with Crippen molar-refractivity contribution in [3.8, 4) is 0 Å². The van der Waals surface area contributed by atoms with E-state index in [2.05, 4.69) is 32.3 Å². The van der Waals surface area contributed by atoms with Crippen molar-refractivity contribution in [3.05, 3.63) is 34.3 Å². The minimum Gasteiger partial charge on any atom is -0.271 e. The van der Waals surface area contributed by atoms with Crippen molar-refractivity contribution >= 4 is 11.6 Å². The first-order chi connectivity index (χ1) is 9.02. The number of hydrogen-bond acceptors (Lipinski definition) is 2. The Morgan fingerprint density at radius 2 is 1.84 bits per heavy atom. The molecule has 0 spiro atoms. The van der Waals surface area contributed by atoms with Crippen LogP contribution < -0.4 is 11.3 Å². The third-order valence-electron chi connectivity index (χ3n) is 4.51. The summed E-state index contributed by atoms with van der Waals surface area (Å²) in [6, 6.07) is 6.32. The van der Waals surface area contributed by atoms with Crippen LogP contribution in [0.4, 0.5) is 0 Å². The highest BCUT2D eigenvalue weighted by Gasteiger charge is 2.31. The van der Waals surface area contributed by atoms with Crippen LogP contribution in [0, 0.1) is 24.7 Å². The van der Waals surface area contributed by atoms with E-state index in [1.165, 1.54) is 24.8 Å². The molecule has 1 aromatic rings. The van der Waals surface area contributed by atoms with Crippen LogP contribution in [0.2, 0.25) is 5.02 Å². The Kier molecular flexibility index (Phi) is 4.88. The van der Waals surface area contributed by atoms with Gasteiger partial charge >= 0.3 is 0 Å². The first kappa shape index (κ1) is 14.8. The van der Waals surface area contributed by atoms with Crippen LogP contribution in [0.3, 0.4) is 0 Å². The van der Waals surface area contributed by atoms with Crippen molar-refractivity contribution in [1.82, 2.24) is 5.43 Å². The SMILES string of the molecule is Cc1c(Cl)cccc1C(NN)C1CC(C)CC(C)C1. The zero-order chi connectivity index (χ0) is 14.0. The van der Waals surface area contributed by atoms with Gasteiger partial charge in [-0.1, -0.05) is 37.6 Å². The molecule has 19 heavy (non-hydrogen) atoms. The summed E-state index contributed by atoms with van der Waals surface area (Å²) < 4.78 is 0. The summed E-state index contributed by atoms with van der Waals surface area (Å²) in [6.07, 6.45) is 3.82. The Bertz CT molecular complexity index is 423. The Labute approximate surface area is 121 Å².